The van der Waals surface area contributed by atoms with Crippen LogP contribution >= 0.6 is 0 Å². The van der Waals surface area contributed by atoms with E-state index in [-0.39, 0.29) is 5.91 Å². The van der Waals surface area contributed by atoms with Crippen molar-refractivity contribution in [3.63, 3.8) is 0 Å². The number of ether oxygens (including phenoxy) is 1. The zero-order chi connectivity index (χ0) is 24.2. The molecular formula is C25H29N7O2. The zero-order valence-electron chi connectivity index (χ0n) is 20.1. The molecule has 9 nitrogen and oxygen atoms in total. The number of carbonyl (C=O) groups is 1. The molecule has 0 aliphatic rings. The second-order valence-electron chi connectivity index (χ2n) is 8.29. The summed E-state index contributed by atoms with van der Waals surface area (Å²) >= 11 is 0. The Labute approximate surface area is 198 Å². The minimum absolute atomic E-state index is 0.0978. The Morgan fingerprint density at radius 3 is 2.50 bits per heavy atom. The molecule has 0 atom stereocenters. The van der Waals surface area contributed by atoms with E-state index in [0.29, 0.717) is 42.7 Å². The molecule has 0 fully saturated rings. The van der Waals surface area contributed by atoms with Gasteiger partial charge in [-0.3, -0.25) is 4.79 Å². The van der Waals surface area contributed by atoms with Crippen LogP contribution in [0.5, 0.6) is 5.75 Å². The van der Waals surface area contributed by atoms with Crippen molar-refractivity contribution in [1.29, 1.82) is 0 Å². The van der Waals surface area contributed by atoms with Crippen LogP contribution in [0.15, 0.2) is 36.4 Å². The van der Waals surface area contributed by atoms with Crippen molar-refractivity contribution >= 4 is 28.6 Å². The third-order valence-corrected chi connectivity index (χ3v) is 5.38. The lowest BCUT2D eigenvalue weighted by molar-refractivity contribution is -0.116. The number of rotatable bonds is 8. The van der Waals surface area contributed by atoms with Crippen molar-refractivity contribution in [3.8, 4) is 11.6 Å². The first-order valence-corrected chi connectivity index (χ1v) is 11.2. The van der Waals surface area contributed by atoms with Crippen LogP contribution in [0.3, 0.4) is 0 Å². The van der Waals surface area contributed by atoms with Gasteiger partial charge in [-0.05, 0) is 57.9 Å². The van der Waals surface area contributed by atoms with Crippen molar-refractivity contribution in [2.75, 3.05) is 24.3 Å². The van der Waals surface area contributed by atoms with E-state index in [4.69, 9.17) is 9.72 Å². The highest BCUT2D eigenvalue weighted by atomic mass is 16.5. The number of aromatic nitrogens is 5. The molecule has 34 heavy (non-hydrogen) atoms. The van der Waals surface area contributed by atoms with Crippen LogP contribution in [-0.2, 0) is 4.79 Å². The van der Waals surface area contributed by atoms with Crippen molar-refractivity contribution in [1.82, 2.24) is 24.7 Å². The molecule has 0 aliphatic carbocycles. The average Bonchev–Trinajstić information content (AvgIpc) is 3.15. The van der Waals surface area contributed by atoms with Gasteiger partial charge in [-0.15, -0.1) is 0 Å². The first kappa shape index (κ1) is 23.2. The Kier molecular flexibility index (Phi) is 6.72. The van der Waals surface area contributed by atoms with Crippen LogP contribution < -0.4 is 15.4 Å². The summed E-state index contributed by atoms with van der Waals surface area (Å²) in [5.41, 5.74) is 4.40. The van der Waals surface area contributed by atoms with Gasteiger partial charge in [0, 0.05) is 35.8 Å². The third kappa shape index (κ3) is 5.14. The number of nitrogens with one attached hydrogen (secondary N) is 2. The van der Waals surface area contributed by atoms with E-state index in [2.05, 4.69) is 25.7 Å². The Morgan fingerprint density at radius 1 is 1.00 bits per heavy atom. The van der Waals surface area contributed by atoms with Gasteiger partial charge in [0.25, 0.3) is 0 Å². The summed E-state index contributed by atoms with van der Waals surface area (Å²) in [6.45, 7) is 8.36. The lowest BCUT2D eigenvalue weighted by Gasteiger charge is -2.12. The highest BCUT2D eigenvalue weighted by Gasteiger charge is 2.15. The van der Waals surface area contributed by atoms with E-state index < -0.39 is 0 Å². The fourth-order valence-electron chi connectivity index (χ4n) is 3.87. The molecule has 3 aromatic heterocycles. The summed E-state index contributed by atoms with van der Waals surface area (Å²) < 4.78 is 7.16. The molecule has 0 radical (unpaired) electrons. The predicted octanol–water partition coefficient (Wildman–Crippen LogP) is 4.28. The van der Waals surface area contributed by atoms with Gasteiger partial charge < -0.3 is 15.4 Å². The van der Waals surface area contributed by atoms with Gasteiger partial charge in [0.15, 0.2) is 5.82 Å². The summed E-state index contributed by atoms with van der Waals surface area (Å²) in [4.78, 5) is 26.1. The number of fused-ring (bicyclic) bond motifs is 1. The van der Waals surface area contributed by atoms with Crippen LogP contribution in [0.4, 0.5) is 11.8 Å². The van der Waals surface area contributed by atoms with E-state index in [9.17, 15) is 4.79 Å². The number of amides is 1. The van der Waals surface area contributed by atoms with E-state index in [0.717, 1.165) is 33.5 Å². The number of benzene rings is 1. The molecule has 4 aromatic rings. The second kappa shape index (κ2) is 9.86. The number of aryl methyl sites for hydroxylation is 4. The second-order valence-corrected chi connectivity index (χ2v) is 8.29. The average molecular weight is 460 g/mol. The summed E-state index contributed by atoms with van der Waals surface area (Å²) in [6, 6.07) is 11.6. The number of carbonyl (C=O) groups excluding carboxylic acids is 1. The maximum atomic E-state index is 12.7. The largest absolute Gasteiger partial charge is 0.494 e. The molecule has 0 aliphatic heterocycles. The highest BCUT2D eigenvalue weighted by Crippen LogP contribution is 2.28. The highest BCUT2D eigenvalue weighted by molar-refractivity contribution is 5.91. The van der Waals surface area contributed by atoms with Crippen LogP contribution in [0, 0.1) is 27.7 Å². The van der Waals surface area contributed by atoms with Gasteiger partial charge in [0.1, 0.15) is 17.1 Å². The Morgan fingerprint density at radius 2 is 1.76 bits per heavy atom. The molecule has 4 rings (SSSR count). The van der Waals surface area contributed by atoms with E-state index >= 15 is 0 Å². The fraction of sp³-hybridized carbons (Fsp3) is 0.320. The fourth-order valence-corrected chi connectivity index (χ4v) is 3.87. The molecule has 0 bridgehead atoms. The molecular weight excluding hydrogens is 430 g/mol. The van der Waals surface area contributed by atoms with Crippen molar-refractivity contribution in [2.45, 2.75) is 40.5 Å². The third-order valence-electron chi connectivity index (χ3n) is 5.38. The quantitative estimate of drug-likeness (QED) is 0.379. The maximum Gasteiger partial charge on any atom is 0.225 e. The number of hydrogen-bond donors (Lipinski definition) is 2. The Bertz CT molecular complexity index is 1330. The molecule has 0 unspecified atom stereocenters. The molecule has 176 valence electrons. The molecule has 3 heterocycles. The van der Waals surface area contributed by atoms with E-state index in [1.165, 1.54) is 0 Å². The molecule has 0 saturated heterocycles. The topological polar surface area (TPSA) is 107 Å². The Balaban J connectivity index is 1.46. The lowest BCUT2D eigenvalue weighted by atomic mass is 10.1. The number of nitrogens with zero attached hydrogens (tertiary/aromatic N) is 5. The Hall–Kier alpha value is -4.01. The standard InChI is InChI=1S/C25H29N7O2/c1-15-12-21(30-24-19(15)8-6-9-20(24)34-5)32-22(14-18(4)31-32)29-23(33)10-7-11-26-25-27-16(2)13-17(3)28-25/h6,8-9,12-14H,7,10-11H2,1-5H3,(H,29,33)(H,26,27,28). The SMILES string of the molecule is COc1cccc2c(C)cc(-n3nc(C)cc3NC(=O)CCCNc3nc(C)cc(C)n3)nc12. The number of methoxy groups -OCH3 is 1. The van der Waals surface area contributed by atoms with Gasteiger partial charge in [-0.25, -0.2) is 15.0 Å². The minimum Gasteiger partial charge on any atom is -0.494 e. The van der Waals surface area contributed by atoms with Crippen LogP contribution in [-0.4, -0.2) is 44.3 Å². The number of hydrogen-bond acceptors (Lipinski definition) is 7. The molecule has 1 amide bonds. The van der Waals surface area contributed by atoms with Crippen molar-refractivity contribution < 1.29 is 9.53 Å². The monoisotopic (exact) mass is 459 g/mol. The summed E-state index contributed by atoms with van der Waals surface area (Å²) in [5.74, 6) is 2.37. The minimum atomic E-state index is -0.0978. The van der Waals surface area contributed by atoms with Gasteiger partial charge >= 0.3 is 0 Å². The number of anilines is 2. The smallest absolute Gasteiger partial charge is 0.225 e. The van der Waals surface area contributed by atoms with Crippen LogP contribution in [0.2, 0.25) is 0 Å². The lowest BCUT2D eigenvalue weighted by Crippen LogP contribution is -2.17. The van der Waals surface area contributed by atoms with Gasteiger partial charge in [0.05, 0.1) is 12.8 Å². The molecule has 0 spiro atoms. The predicted molar refractivity (Wildman–Crippen MR) is 133 cm³/mol. The van der Waals surface area contributed by atoms with Gasteiger partial charge in [-0.1, -0.05) is 12.1 Å². The van der Waals surface area contributed by atoms with Gasteiger partial charge in [-0.2, -0.15) is 9.78 Å². The summed E-state index contributed by atoms with van der Waals surface area (Å²) in [7, 11) is 1.63. The van der Waals surface area contributed by atoms with E-state index in [1.807, 2.05) is 64.1 Å². The summed E-state index contributed by atoms with van der Waals surface area (Å²) in [6.07, 6.45) is 0.986. The van der Waals surface area contributed by atoms with Crippen molar-refractivity contribution in [3.05, 3.63) is 59.0 Å². The number of pyridine rings is 1. The normalized spacial score (nSPS) is 11.0. The summed E-state index contributed by atoms with van der Waals surface area (Å²) in [5, 5.41) is 11.7. The van der Waals surface area contributed by atoms with Crippen molar-refractivity contribution in [2.24, 2.45) is 0 Å². The zero-order valence-corrected chi connectivity index (χ0v) is 20.1. The first-order chi connectivity index (χ1) is 16.3. The molecule has 0 saturated carbocycles. The van der Waals surface area contributed by atoms with E-state index in [1.54, 1.807) is 11.8 Å². The van der Waals surface area contributed by atoms with Crippen LogP contribution in [0.1, 0.15) is 35.5 Å². The van der Waals surface area contributed by atoms with Gasteiger partial charge in [0.2, 0.25) is 11.9 Å². The first-order valence-electron chi connectivity index (χ1n) is 11.2. The molecule has 1 aromatic carbocycles. The maximum absolute atomic E-state index is 12.7. The molecule has 2 N–H and O–H groups in total. The van der Waals surface area contributed by atoms with Crippen LogP contribution in [0.25, 0.3) is 16.7 Å². The number of para-hydroxylation sites is 1. The molecule has 9 heteroatoms.